The van der Waals surface area contributed by atoms with E-state index >= 15 is 0 Å². The molecule has 5 nitrogen and oxygen atoms in total. The van der Waals surface area contributed by atoms with Gasteiger partial charge in [-0.25, -0.2) is 0 Å². The van der Waals surface area contributed by atoms with Crippen molar-refractivity contribution in [3.63, 3.8) is 0 Å². The van der Waals surface area contributed by atoms with Gasteiger partial charge < -0.3 is 14.5 Å². The van der Waals surface area contributed by atoms with Gasteiger partial charge in [-0.3, -0.25) is 9.59 Å². The lowest BCUT2D eigenvalue weighted by molar-refractivity contribution is -0.897. The molecule has 0 aliphatic carbocycles. The second-order valence-corrected chi connectivity index (χ2v) is 7.53. The number of aryl methyl sites for hydroxylation is 1. The van der Waals surface area contributed by atoms with Crippen molar-refractivity contribution in [2.75, 3.05) is 31.6 Å². The van der Waals surface area contributed by atoms with Crippen molar-refractivity contribution in [2.24, 2.45) is 5.92 Å². The Labute approximate surface area is 166 Å². The number of carbonyl (C=O) groups excluding carboxylic acids is 2. The van der Waals surface area contributed by atoms with E-state index in [1.54, 1.807) is 0 Å². The second kappa shape index (κ2) is 9.51. The summed E-state index contributed by atoms with van der Waals surface area (Å²) < 4.78 is 4.86. The molecule has 0 spiro atoms. The highest BCUT2D eigenvalue weighted by atomic mass is 16.5. The minimum Gasteiger partial charge on any atom is -0.469 e. The Morgan fingerprint density at radius 3 is 2.43 bits per heavy atom. The van der Waals surface area contributed by atoms with Crippen molar-refractivity contribution < 1.29 is 19.2 Å². The Kier molecular flexibility index (Phi) is 6.82. The standard InChI is InChI=1S/C23H28N2O3/c1-18-7-6-10-21(15-18)25(16-19-8-4-3-5-9-19)22(26)17-24-13-11-20(12-14-24)23(27)28-2/h3-10,15,20H,11-14,16-17H2,1-2H3/p+1. The molecule has 1 aliphatic rings. The maximum Gasteiger partial charge on any atom is 0.309 e. The van der Waals surface area contributed by atoms with Crippen molar-refractivity contribution >= 4 is 17.6 Å². The molecule has 0 radical (unpaired) electrons. The highest BCUT2D eigenvalue weighted by Gasteiger charge is 2.30. The van der Waals surface area contributed by atoms with E-state index in [1.165, 1.54) is 12.0 Å². The number of benzene rings is 2. The van der Waals surface area contributed by atoms with Crippen LogP contribution in [0.25, 0.3) is 0 Å². The first-order valence-electron chi connectivity index (χ1n) is 9.89. The van der Waals surface area contributed by atoms with Crippen LogP contribution in [0.3, 0.4) is 0 Å². The Morgan fingerprint density at radius 2 is 1.79 bits per heavy atom. The molecule has 0 aromatic heterocycles. The zero-order valence-electron chi connectivity index (χ0n) is 16.7. The Bertz CT molecular complexity index is 799. The number of carbonyl (C=O) groups is 2. The fourth-order valence-corrected chi connectivity index (χ4v) is 3.80. The molecule has 2 aromatic carbocycles. The molecule has 2 aromatic rings. The van der Waals surface area contributed by atoms with Crippen molar-refractivity contribution in [2.45, 2.75) is 26.3 Å². The number of esters is 1. The minimum atomic E-state index is -0.129. The van der Waals surface area contributed by atoms with E-state index in [2.05, 4.69) is 6.07 Å². The summed E-state index contributed by atoms with van der Waals surface area (Å²) in [4.78, 5) is 28.0. The molecule has 5 heteroatoms. The van der Waals surface area contributed by atoms with Gasteiger partial charge in [0, 0.05) is 18.5 Å². The Hall–Kier alpha value is -2.66. The summed E-state index contributed by atoms with van der Waals surface area (Å²) in [5, 5.41) is 0. The van der Waals surface area contributed by atoms with Crippen molar-refractivity contribution in [3.8, 4) is 0 Å². The lowest BCUT2D eigenvalue weighted by Crippen LogP contribution is -3.14. The SMILES string of the molecule is COC(=O)C1CC[NH+](CC(=O)N(Cc2ccccc2)c2cccc(C)c2)CC1. The van der Waals surface area contributed by atoms with Gasteiger partial charge in [-0.15, -0.1) is 0 Å². The van der Waals surface area contributed by atoms with Gasteiger partial charge in [0.05, 0.1) is 32.7 Å². The maximum absolute atomic E-state index is 13.2. The molecule has 1 N–H and O–H groups in total. The lowest BCUT2D eigenvalue weighted by Gasteiger charge is -2.30. The number of rotatable bonds is 6. The number of amides is 1. The number of anilines is 1. The Balaban J connectivity index is 1.69. The van der Waals surface area contributed by atoms with Gasteiger partial charge >= 0.3 is 5.97 Å². The normalized spacial score (nSPS) is 19.1. The fraction of sp³-hybridized carbons (Fsp3) is 0.391. The molecule has 1 aliphatic heterocycles. The zero-order chi connectivity index (χ0) is 19.9. The van der Waals surface area contributed by atoms with Crippen molar-refractivity contribution in [3.05, 3.63) is 65.7 Å². The van der Waals surface area contributed by atoms with E-state index in [1.807, 2.05) is 60.4 Å². The number of ether oxygens (including phenoxy) is 1. The Morgan fingerprint density at radius 1 is 1.07 bits per heavy atom. The summed E-state index contributed by atoms with van der Waals surface area (Å²) in [7, 11) is 1.44. The molecular formula is C23H29N2O3+. The number of nitrogens with one attached hydrogen (secondary N) is 1. The number of methoxy groups -OCH3 is 1. The van der Waals surface area contributed by atoms with Crippen molar-refractivity contribution in [1.29, 1.82) is 0 Å². The summed E-state index contributed by atoms with van der Waals surface area (Å²) >= 11 is 0. The molecular weight excluding hydrogens is 352 g/mol. The quantitative estimate of drug-likeness (QED) is 0.779. The van der Waals surface area contributed by atoms with Crippen LogP contribution in [-0.4, -0.2) is 38.6 Å². The van der Waals surface area contributed by atoms with Crippen LogP contribution in [0.15, 0.2) is 54.6 Å². The minimum absolute atomic E-state index is 0.0268. The third-order valence-electron chi connectivity index (χ3n) is 5.43. The molecule has 1 fully saturated rings. The van der Waals surface area contributed by atoms with Crippen LogP contribution in [-0.2, 0) is 20.9 Å². The summed E-state index contributed by atoms with van der Waals surface area (Å²) in [6, 6.07) is 18.1. The third-order valence-corrected chi connectivity index (χ3v) is 5.43. The van der Waals surface area contributed by atoms with Crippen LogP contribution in [0.2, 0.25) is 0 Å². The number of hydrogen-bond acceptors (Lipinski definition) is 3. The zero-order valence-corrected chi connectivity index (χ0v) is 16.7. The smallest absolute Gasteiger partial charge is 0.309 e. The highest BCUT2D eigenvalue weighted by molar-refractivity contribution is 5.94. The molecule has 3 rings (SSSR count). The first-order chi connectivity index (χ1) is 13.6. The van der Waals surface area contributed by atoms with Crippen LogP contribution in [0.1, 0.15) is 24.0 Å². The third kappa shape index (κ3) is 5.20. The monoisotopic (exact) mass is 381 g/mol. The van der Waals surface area contributed by atoms with E-state index in [-0.39, 0.29) is 17.8 Å². The summed E-state index contributed by atoms with van der Waals surface area (Å²) in [5.41, 5.74) is 3.17. The van der Waals surface area contributed by atoms with Gasteiger partial charge in [-0.1, -0.05) is 42.5 Å². The first kappa shape index (κ1) is 20.1. The van der Waals surface area contributed by atoms with Gasteiger partial charge in [0.2, 0.25) is 0 Å². The molecule has 1 amide bonds. The number of piperidine rings is 1. The number of nitrogens with zero attached hydrogens (tertiary/aromatic N) is 1. The van der Waals surface area contributed by atoms with Crippen LogP contribution >= 0.6 is 0 Å². The highest BCUT2D eigenvalue weighted by Crippen LogP contribution is 2.19. The lowest BCUT2D eigenvalue weighted by atomic mass is 9.97. The van der Waals surface area contributed by atoms with Crippen LogP contribution in [0.4, 0.5) is 5.69 Å². The molecule has 1 heterocycles. The number of quaternary nitrogens is 1. The van der Waals surface area contributed by atoms with Gasteiger partial charge in [0.1, 0.15) is 0 Å². The molecule has 148 valence electrons. The summed E-state index contributed by atoms with van der Waals surface area (Å²) in [6.45, 7) is 4.67. The van der Waals surface area contributed by atoms with E-state index in [0.29, 0.717) is 13.1 Å². The van der Waals surface area contributed by atoms with Crippen LogP contribution in [0, 0.1) is 12.8 Å². The van der Waals surface area contributed by atoms with Crippen LogP contribution < -0.4 is 9.80 Å². The van der Waals surface area contributed by atoms with Crippen molar-refractivity contribution in [1.82, 2.24) is 0 Å². The molecule has 0 unspecified atom stereocenters. The number of likely N-dealkylation sites (tertiary alicyclic amines) is 1. The van der Waals surface area contributed by atoms with E-state index in [4.69, 9.17) is 4.74 Å². The van der Waals surface area contributed by atoms with E-state index in [0.717, 1.165) is 42.7 Å². The largest absolute Gasteiger partial charge is 0.469 e. The summed E-state index contributed by atoms with van der Waals surface area (Å²) in [5.74, 6) is -0.0436. The van der Waals surface area contributed by atoms with E-state index < -0.39 is 0 Å². The average molecular weight is 381 g/mol. The predicted molar refractivity (Wildman–Crippen MR) is 109 cm³/mol. The number of hydrogen-bond donors (Lipinski definition) is 1. The molecule has 28 heavy (non-hydrogen) atoms. The first-order valence-corrected chi connectivity index (χ1v) is 9.89. The second-order valence-electron chi connectivity index (χ2n) is 7.53. The topological polar surface area (TPSA) is 51.1 Å². The van der Waals surface area contributed by atoms with Crippen LogP contribution in [0.5, 0.6) is 0 Å². The van der Waals surface area contributed by atoms with Gasteiger partial charge in [-0.2, -0.15) is 0 Å². The van der Waals surface area contributed by atoms with Gasteiger partial charge in [0.15, 0.2) is 6.54 Å². The molecule has 1 saturated heterocycles. The molecule has 0 atom stereocenters. The average Bonchev–Trinajstić information content (AvgIpc) is 2.72. The van der Waals surface area contributed by atoms with Gasteiger partial charge in [0.25, 0.3) is 5.91 Å². The van der Waals surface area contributed by atoms with E-state index in [9.17, 15) is 9.59 Å². The maximum atomic E-state index is 13.2. The molecule has 0 bridgehead atoms. The summed E-state index contributed by atoms with van der Waals surface area (Å²) in [6.07, 6.45) is 1.55. The predicted octanol–water partition coefficient (Wildman–Crippen LogP) is 2.00. The van der Waals surface area contributed by atoms with Gasteiger partial charge in [-0.05, 0) is 30.2 Å². The molecule has 0 saturated carbocycles. The fourth-order valence-electron chi connectivity index (χ4n) is 3.80.